The maximum Gasteiger partial charge on any atom is 0.321 e. The molecule has 2 rings (SSSR count). The summed E-state index contributed by atoms with van der Waals surface area (Å²) in [6.07, 6.45) is 4.41. The monoisotopic (exact) mass is 253 g/mol. The summed E-state index contributed by atoms with van der Waals surface area (Å²) in [5.41, 5.74) is 1.22. The van der Waals surface area contributed by atoms with E-state index in [-0.39, 0.29) is 6.03 Å². The number of hydrogen-bond acceptors (Lipinski definition) is 3. The summed E-state index contributed by atoms with van der Waals surface area (Å²) < 4.78 is 5.24. The molecule has 0 aromatic heterocycles. The van der Waals surface area contributed by atoms with Crippen LogP contribution in [0.4, 0.5) is 4.79 Å². The van der Waals surface area contributed by atoms with Gasteiger partial charge in [-0.2, -0.15) is 0 Å². The molecule has 0 atom stereocenters. The highest BCUT2D eigenvalue weighted by atomic mass is 16.5. The van der Waals surface area contributed by atoms with Crippen molar-refractivity contribution in [2.24, 2.45) is 0 Å². The summed E-state index contributed by atoms with van der Waals surface area (Å²) in [5, 5.41) is 2.82. The molecule has 2 aliphatic rings. The molecule has 0 aromatic rings. The molecule has 1 N–H and O–H groups in total. The Hall–Kier alpha value is -1.56. The van der Waals surface area contributed by atoms with E-state index in [4.69, 9.17) is 4.74 Å². The Morgan fingerprint density at radius 1 is 1.17 bits per heavy atom. The molecule has 0 bridgehead atoms. The molecule has 0 radical (unpaired) electrons. The van der Waals surface area contributed by atoms with E-state index in [1.165, 1.54) is 5.57 Å². The zero-order chi connectivity index (χ0) is 12.8. The number of amides is 3. The molecule has 0 unspecified atom stereocenters. The molecule has 6 heteroatoms. The first-order valence-corrected chi connectivity index (χ1v) is 6.30. The van der Waals surface area contributed by atoms with Gasteiger partial charge in [-0.15, -0.1) is 0 Å². The molecule has 100 valence electrons. The summed E-state index contributed by atoms with van der Waals surface area (Å²) in [5.74, 6) is 0. The van der Waals surface area contributed by atoms with Gasteiger partial charge in [0.2, 0.25) is 6.41 Å². The van der Waals surface area contributed by atoms with Gasteiger partial charge in [0.15, 0.2) is 0 Å². The van der Waals surface area contributed by atoms with Gasteiger partial charge in [0, 0.05) is 32.4 Å². The second-order valence-electron chi connectivity index (χ2n) is 4.49. The van der Waals surface area contributed by atoms with Gasteiger partial charge < -0.3 is 19.9 Å². The first-order chi connectivity index (χ1) is 8.79. The van der Waals surface area contributed by atoms with Crippen LogP contribution in [-0.4, -0.2) is 61.6 Å². The number of piperazine rings is 1. The number of ether oxygens (including phenoxy) is 1. The summed E-state index contributed by atoms with van der Waals surface area (Å²) in [6.45, 7) is 3.88. The van der Waals surface area contributed by atoms with E-state index >= 15 is 0 Å². The van der Waals surface area contributed by atoms with Crippen LogP contribution in [0.25, 0.3) is 0 Å². The molecule has 6 nitrogen and oxygen atoms in total. The highest BCUT2D eigenvalue weighted by Gasteiger charge is 2.19. The Bertz CT molecular complexity index is 327. The SMILES string of the molecule is O=CN1CCN(C(=O)NC=C2CCOCC2)CC1. The second kappa shape index (κ2) is 6.39. The molecule has 0 aliphatic carbocycles. The zero-order valence-corrected chi connectivity index (χ0v) is 10.4. The number of nitrogens with zero attached hydrogens (tertiary/aromatic N) is 2. The minimum absolute atomic E-state index is 0.0838. The number of carbonyl (C=O) groups excluding carboxylic acids is 2. The van der Waals surface area contributed by atoms with Crippen molar-refractivity contribution in [1.82, 2.24) is 15.1 Å². The molecule has 2 aliphatic heterocycles. The summed E-state index contributed by atoms with van der Waals surface area (Å²) in [6, 6.07) is -0.0838. The van der Waals surface area contributed by atoms with Crippen LogP contribution < -0.4 is 5.32 Å². The molecule has 18 heavy (non-hydrogen) atoms. The molecule has 0 spiro atoms. The number of hydrogen-bond donors (Lipinski definition) is 1. The Labute approximate surface area is 107 Å². The smallest absolute Gasteiger partial charge is 0.321 e. The van der Waals surface area contributed by atoms with E-state index in [1.54, 1.807) is 16.0 Å². The maximum atomic E-state index is 11.9. The Kier molecular flexibility index (Phi) is 4.58. The number of nitrogens with one attached hydrogen (secondary N) is 1. The van der Waals surface area contributed by atoms with Crippen LogP contribution in [0, 0.1) is 0 Å². The van der Waals surface area contributed by atoms with Gasteiger partial charge in [-0.3, -0.25) is 4.79 Å². The number of urea groups is 1. The van der Waals surface area contributed by atoms with Crippen molar-refractivity contribution in [1.29, 1.82) is 0 Å². The van der Waals surface area contributed by atoms with Crippen LogP contribution in [-0.2, 0) is 9.53 Å². The minimum atomic E-state index is -0.0838. The average molecular weight is 253 g/mol. The third kappa shape index (κ3) is 3.46. The van der Waals surface area contributed by atoms with Crippen LogP contribution in [0.5, 0.6) is 0 Å². The van der Waals surface area contributed by atoms with Gasteiger partial charge in [0.25, 0.3) is 0 Å². The van der Waals surface area contributed by atoms with Gasteiger partial charge in [0.05, 0.1) is 13.2 Å². The van der Waals surface area contributed by atoms with Crippen molar-refractivity contribution in [2.75, 3.05) is 39.4 Å². The van der Waals surface area contributed by atoms with Crippen molar-refractivity contribution in [3.63, 3.8) is 0 Å². The molecular weight excluding hydrogens is 234 g/mol. The maximum absolute atomic E-state index is 11.9. The highest BCUT2D eigenvalue weighted by molar-refractivity contribution is 5.75. The van der Waals surface area contributed by atoms with E-state index in [0.717, 1.165) is 32.5 Å². The van der Waals surface area contributed by atoms with Crippen LogP contribution >= 0.6 is 0 Å². The Balaban J connectivity index is 1.76. The van der Waals surface area contributed by atoms with Gasteiger partial charge >= 0.3 is 6.03 Å². The van der Waals surface area contributed by atoms with Gasteiger partial charge in [-0.1, -0.05) is 0 Å². The van der Waals surface area contributed by atoms with Crippen LogP contribution in [0.3, 0.4) is 0 Å². The highest BCUT2D eigenvalue weighted by Crippen LogP contribution is 2.11. The van der Waals surface area contributed by atoms with Crippen molar-refractivity contribution in [3.8, 4) is 0 Å². The van der Waals surface area contributed by atoms with Crippen molar-refractivity contribution < 1.29 is 14.3 Å². The van der Waals surface area contributed by atoms with Crippen molar-refractivity contribution in [2.45, 2.75) is 12.8 Å². The third-order valence-corrected chi connectivity index (χ3v) is 3.29. The number of rotatable bonds is 2. The van der Waals surface area contributed by atoms with Crippen LogP contribution in [0.1, 0.15) is 12.8 Å². The van der Waals surface area contributed by atoms with Crippen LogP contribution in [0.2, 0.25) is 0 Å². The normalized spacial score (nSPS) is 20.6. The van der Waals surface area contributed by atoms with Crippen molar-refractivity contribution in [3.05, 3.63) is 11.8 Å². The van der Waals surface area contributed by atoms with Gasteiger partial charge in [0.1, 0.15) is 0 Å². The molecule has 3 amide bonds. The first-order valence-electron chi connectivity index (χ1n) is 6.30. The Morgan fingerprint density at radius 2 is 1.83 bits per heavy atom. The molecule has 2 fully saturated rings. The zero-order valence-electron chi connectivity index (χ0n) is 10.4. The Morgan fingerprint density at radius 3 is 2.44 bits per heavy atom. The van der Waals surface area contributed by atoms with E-state index in [1.807, 2.05) is 0 Å². The molecule has 2 heterocycles. The summed E-state index contributed by atoms with van der Waals surface area (Å²) >= 11 is 0. The van der Waals surface area contributed by atoms with E-state index in [9.17, 15) is 9.59 Å². The van der Waals surface area contributed by atoms with E-state index < -0.39 is 0 Å². The largest absolute Gasteiger partial charge is 0.381 e. The molecule has 0 aromatic carbocycles. The fourth-order valence-corrected chi connectivity index (χ4v) is 2.06. The minimum Gasteiger partial charge on any atom is -0.381 e. The lowest BCUT2D eigenvalue weighted by Gasteiger charge is -2.32. The first kappa shape index (κ1) is 12.9. The predicted molar refractivity (Wildman–Crippen MR) is 65.9 cm³/mol. The lowest BCUT2D eigenvalue weighted by Crippen LogP contribution is -2.50. The van der Waals surface area contributed by atoms with E-state index in [0.29, 0.717) is 26.2 Å². The van der Waals surface area contributed by atoms with Gasteiger partial charge in [-0.25, -0.2) is 4.79 Å². The molecule has 0 saturated carbocycles. The van der Waals surface area contributed by atoms with Gasteiger partial charge in [-0.05, 0) is 18.4 Å². The quantitative estimate of drug-likeness (QED) is 0.713. The fourth-order valence-electron chi connectivity index (χ4n) is 2.06. The third-order valence-electron chi connectivity index (χ3n) is 3.29. The fraction of sp³-hybridized carbons (Fsp3) is 0.667. The molecule has 2 saturated heterocycles. The van der Waals surface area contributed by atoms with E-state index in [2.05, 4.69) is 5.32 Å². The lowest BCUT2D eigenvalue weighted by molar-refractivity contribution is -0.119. The standard InChI is InChI=1S/C12H19N3O3/c16-10-14-3-5-15(6-4-14)12(17)13-9-11-1-7-18-8-2-11/h9-10H,1-8H2,(H,13,17). The van der Waals surface area contributed by atoms with Crippen LogP contribution in [0.15, 0.2) is 11.8 Å². The average Bonchev–Trinajstić information content (AvgIpc) is 2.46. The summed E-state index contributed by atoms with van der Waals surface area (Å²) in [4.78, 5) is 25.8. The summed E-state index contributed by atoms with van der Waals surface area (Å²) in [7, 11) is 0. The number of carbonyl (C=O) groups is 2. The second-order valence-corrected chi connectivity index (χ2v) is 4.49. The van der Waals surface area contributed by atoms with Crippen molar-refractivity contribution >= 4 is 12.4 Å². The molecular formula is C12H19N3O3. The topological polar surface area (TPSA) is 61.9 Å². The lowest BCUT2D eigenvalue weighted by atomic mass is 10.1. The predicted octanol–water partition coefficient (Wildman–Crippen LogP) is 0.164.